The molecule has 3 aromatic carbocycles. The van der Waals surface area contributed by atoms with Crippen molar-refractivity contribution in [2.45, 2.75) is 12.3 Å². The Morgan fingerprint density at radius 2 is 1.77 bits per heavy atom. The molecule has 0 radical (unpaired) electrons. The molecule has 10 nitrogen and oxygen atoms in total. The van der Waals surface area contributed by atoms with Crippen LogP contribution in [0.4, 0.5) is 29.1 Å². The van der Waals surface area contributed by atoms with Gasteiger partial charge in [0.1, 0.15) is 11.6 Å². The molecule has 0 fully saturated rings. The van der Waals surface area contributed by atoms with Gasteiger partial charge in [-0.3, -0.25) is 0 Å². The van der Waals surface area contributed by atoms with Crippen molar-refractivity contribution < 1.29 is 13.2 Å². The maximum atomic E-state index is 11.7. The van der Waals surface area contributed by atoms with Crippen molar-refractivity contribution in [1.82, 2.24) is 19.5 Å². The summed E-state index contributed by atoms with van der Waals surface area (Å²) in [6.45, 7) is 0.641. The third-order valence-electron chi connectivity index (χ3n) is 6.46. The Kier molecular flexibility index (Phi) is 7.56. The number of benzene rings is 3. The highest BCUT2D eigenvalue weighted by molar-refractivity contribution is 7.89. The molecule has 2 N–H and O–H groups in total. The van der Waals surface area contributed by atoms with E-state index in [0.717, 1.165) is 34.0 Å². The van der Waals surface area contributed by atoms with Crippen LogP contribution in [0.5, 0.6) is 5.75 Å². The number of rotatable bonds is 10. The van der Waals surface area contributed by atoms with Gasteiger partial charge in [-0.05, 0) is 59.7 Å². The van der Waals surface area contributed by atoms with Gasteiger partial charge in [-0.25, -0.2) is 18.4 Å². The number of nitrogens with zero attached hydrogens (tertiary/aromatic N) is 5. The molecular weight excluding hydrogens is 526 g/mol. The Hall–Kier alpha value is -4.64. The van der Waals surface area contributed by atoms with Gasteiger partial charge in [0.2, 0.25) is 11.9 Å². The Bertz CT molecular complexity index is 1750. The predicted octanol–water partition coefficient (Wildman–Crippen LogP) is 5.04. The second-order valence-electron chi connectivity index (χ2n) is 9.56. The van der Waals surface area contributed by atoms with Crippen LogP contribution in [-0.4, -0.2) is 48.4 Å². The fourth-order valence-electron chi connectivity index (χ4n) is 4.38. The van der Waals surface area contributed by atoms with Crippen molar-refractivity contribution in [3.63, 3.8) is 0 Å². The van der Waals surface area contributed by atoms with Gasteiger partial charge >= 0.3 is 0 Å². The van der Waals surface area contributed by atoms with Gasteiger partial charge < -0.3 is 24.8 Å². The minimum Gasteiger partial charge on any atom is -0.497 e. The molecular formula is C29H31N7O3S. The molecule has 2 heterocycles. The fourth-order valence-corrected chi connectivity index (χ4v) is 5.16. The van der Waals surface area contributed by atoms with Crippen LogP contribution in [0.1, 0.15) is 11.1 Å². The number of aryl methyl sites for hydroxylation is 1. The Morgan fingerprint density at radius 3 is 2.52 bits per heavy atom. The average molecular weight is 558 g/mol. The Balaban J connectivity index is 1.32. The molecule has 0 bridgehead atoms. The van der Waals surface area contributed by atoms with Gasteiger partial charge in [0.15, 0.2) is 9.84 Å². The quantitative estimate of drug-likeness (QED) is 0.244. The monoisotopic (exact) mass is 557 g/mol. The molecule has 206 valence electrons. The van der Waals surface area contributed by atoms with Gasteiger partial charge in [-0.1, -0.05) is 24.3 Å². The van der Waals surface area contributed by atoms with Crippen molar-refractivity contribution in [1.29, 1.82) is 0 Å². The number of hydrogen-bond donors (Lipinski definition) is 2. The third-order valence-corrected chi connectivity index (χ3v) is 7.32. The molecule has 0 saturated heterocycles. The molecule has 0 aliphatic rings. The topological polar surface area (TPSA) is 114 Å². The second kappa shape index (κ2) is 11.2. The molecule has 5 aromatic rings. The summed E-state index contributed by atoms with van der Waals surface area (Å²) < 4.78 is 30.6. The lowest BCUT2D eigenvalue weighted by Gasteiger charge is -2.19. The molecule has 0 unspecified atom stereocenters. The Morgan fingerprint density at radius 1 is 0.975 bits per heavy atom. The van der Waals surface area contributed by atoms with Crippen molar-refractivity contribution in [2.75, 3.05) is 35.9 Å². The lowest BCUT2D eigenvalue weighted by atomic mass is 10.2. The standard InChI is InChI=1S/C29H31N7O3S/c1-35(27-14-15-30-28(34-27)32-22-7-5-6-21(16-22)19-40(4,37)38)23-10-13-26-25(17-23)33-29(36(26)2)31-18-20-8-11-24(39-3)12-9-20/h5-17H,18-19H2,1-4H3,(H,31,33)(H,30,32,34). The molecule has 0 aliphatic heterocycles. The maximum absolute atomic E-state index is 11.7. The molecule has 11 heteroatoms. The van der Waals surface area contributed by atoms with E-state index in [1.807, 2.05) is 78.2 Å². The highest BCUT2D eigenvalue weighted by Gasteiger charge is 2.13. The molecule has 5 rings (SSSR count). The van der Waals surface area contributed by atoms with Crippen molar-refractivity contribution in [3.05, 3.63) is 90.1 Å². The minimum atomic E-state index is -3.13. The smallest absolute Gasteiger partial charge is 0.229 e. The van der Waals surface area contributed by atoms with Crippen LogP contribution in [0, 0.1) is 0 Å². The normalized spacial score (nSPS) is 11.4. The fraction of sp³-hybridized carbons (Fsp3) is 0.207. The van der Waals surface area contributed by atoms with E-state index in [0.29, 0.717) is 29.6 Å². The number of sulfone groups is 1. The first-order valence-corrected chi connectivity index (χ1v) is 14.7. The van der Waals surface area contributed by atoms with Gasteiger partial charge in [-0.2, -0.15) is 4.98 Å². The van der Waals surface area contributed by atoms with Crippen LogP contribution < -0.4 is 20.3 Å². The summed E-state index contributed by atoms with van der Waals surface area (Å²) in [5.74, 6) is 2.68. The van der Waals surface area contributed by atoms with E-state index in [1.54, 1.807) is 31.5 Å². The highest BCUT2D eigenvalue weighted by Crippen LogP contribution is 2.28. The number of aromatic nitrogens is 4. The summed E-state index contributed by atoms with van der Waals surface area (Å²) in [6, 6.07) is 23.1. The van der Waals surface area contributed by atoms with Crippen LogP contribution in [0.25, 0.3) is 11.0 Å². The first-order chi connectivity index (χ1) is 19.2. The number of methoxy groups -OCH3 is 1. The third kappa shape index (κ3) is 6.32. The molecule has 2 aromatic heterocycles. The average Bonchev–Trinajstić information content (AvgIpc) is 3.25. The summed E-state index contributed by atoms with van der Waals surface area (Å²) in [5.41, 5.74) is 5.33. The number of hydrogen-bond acceptors (Lipinski definition) is 9. The highest BCUT2D eigenvalue weighted by atomic mass is 32.2. The number of anilines is 5. The van der Waals surface area contributed by atoms with Crippen LogP contribution in [0.3, 0.4) is 0 Å². The maximum Gasteiger partial charge on any atom is 0.229 e. The summed E-state index contributed by atoms with van der Waals surface area (Å²) in [6.07, 6.45) is 2.90. The SMILES string of the molecule is COc1ccc(CNc2nc3cc(N(C)c4ccnc(Nc5cccc(CS(C)(=O)=O)c5)n4)ccc3n2C)cc1. The van der Waals surface area contributed by atoms with Crippen LogP contribution in [-0.2, 0) is 29.2 Å². The van der Waals surface area contributed by atoms with Crippen LogP contribution in [0.15, 0.2) is 79.0 Å². The van der Waals surface area contributed by atoms with Gasteiger partial charge in [-0.15, -0.1) is 0 Å². The zero-order valence-electron chi connectivity index (χ0n) is 22.8. The van der Waals surface area contributed by atoms with E-state index in [2.05, 4.69) is 20.6 Å². The second-order valence-corrected chi connectivity index (χ2v) is 11.7. The molecule has 0 saturated carbocycles. The van der Waals surface area contributed by atoms with Gasteiger partial charge in [0, 0.05) is 44.5 Å². The largest absolute Gasteiger partial charge is 0.497 e. The lowest BCUT2D eigenvalue weighted by molar-refractivity contribution is 0.414. The van der Waals surface area contributed by atoms with Gasteiger partial charge in [0.25, 0.3) is 0 Å². The zero-order chi connectivity index (χ0) is 28.3. The van der Waals surface area contributed by atoms with E-state index in [1.165, 1.54) is 6.26 Å². The van der Waals surface area contributed by atoms with Crippen LogP contribution >= 0.6 is 0 Å². The molecule has 0 atom stereocenters. The molecule has 0 spiro atoms. The van der Waals surface area contributed by atoms with E-state index in [9.17, 15) is 8.42 Å². The van der Waals surface area contributed by atoms with E-state index in [-0.39, 0.29) is 5.75 Å². The van der Waals surface area contributed by atoms with E-state index >= 15 is 0 Å². The molecule has 0 aliphatic carbocycles. The van der Waals surface area contributed by atoms with Gasteiger partial charge in [0.05, 0.1) is 23.9 Å². The van der Waals surface area contributed by atoms with Crippen LogP contribution in [0.2, 0.25) is 0 Å². The minimum absolute atomic E-state index is 0.0269. The summed E-state index contributed by atoms with van der Waals surface area (Å²) >= 11 is 0. The Labute approximate surface area is 233 Å². The van der Waals surface area contributed by atoms with Crippen molar-refractivity contribution >= 4 is 50.0 Å². The van der Waals surface area contributed by atoms with Crippen molar-refractivity contribution in [2.24, 2.45) is 7.05 Å². The summed E-state index contributed by atoms with van der Waals surface area (Å²) in [4.78, 5) is 15.8. The molecule has 0 amide bonds. The first kappa shape index (κ1) is 26.9. The number of fused-ring (bicyclic) bond motifs is 1. The lowest BCUT2D eigenvalue weighted by Crippen LogP contribution is -2.12. The van der Waals surface area contributed by atoms with Crippen molar-refractivity contribution in [3.8, 4) is 5.75 Å². The van der Waals surface area contributed by atoms with E-state index < -0.39 is 9.84 Å². The predicted molar refractivity (Wildman–Crippen MR) is 159 cm³/mol. The molecule has 40 heavy (non-hydrogen) atoms. The number of nitrogens with one attached hydrogen (secondary N) is 2. The number of ether oxygens (including phenoxy) is 1. The summed E-state index contributed by atoms with van der Waals surface area (Å²) in [5, 5.41) is 6.60. The first-order valence-electron chi connectivity index (χ1n) is 12.6. The van der Waals surface area contributed by atoms with E-state index in [4.69, 9.17) is 9.72 Å². The summed E-state index contributed by atoms with van der Waals surface area (Å²) in [7, 11) is 2.45. The zero-order valence-corrected chi connectivity index (χ0v) is 23.6. The number of imidazole rings is 1.